The molecule has 0 radical (unpaired) electrons. The topological polar surface area (TPSA) is 8.81 Å². The van der Waals surface area contributed by atoms with Gasteiger partial charge in [-0.15, -0.1) is 0 Å². The van der Waals surface area contributed by atoms with Crippen molar-refractivity contribution in [3.8, 4) is 5.69 Å². The highest BCUT2D eigenvalue weighted by Gasteiger charge is 2.17. The molecule has 0 saturated carbocycles. The van der Waals surface area contributed by atoms with E-state index < -0.39 is 0 Å². The molecule has 2 nitrogen and oxygen atoms in total. The zero-order valence-corrected chi connectivity index (χ0v) is 14.3. The van der Waals surface area contributed by atoms with Crippen molar-refractivity contribution in [3.05, 3.63) is 48.5 Å². The molecule has 0 aliphatic rings. The second-order valence-electron chi connectivity index (χ2n) is 6.13. The minimum absolute atomic E-state index is 1.14. The summed E-state index contributed by atoms with van der Waals surface area (Å²) in [5.41, 5.74) is 1.28. The van der Waals surface area contributed by atoms with Gasteiger partial charge in [0.2, 0.25) is 0 Å². The van der Waals surface area contributed by atoms with Crippen molar-refractivity contribution in [2.75, 3.05) is 0 Å². The van der Waals surface area contributed by atoms with Crippen LogP contribution in [0, 0.1) is 0 Å². The van der Waals surface area contributed by atoms with E-state index in [1.807, 2.05) is 0 Å². The predicted octanol–water partition coefficient (Wildman–Crippen LogP) is 5.08. The molecule has 0 atom stereocenters. The molecule has 2 heteroatoms. The third-order valence-corrected chi connectivity index (χ3v) is 4.30. The first-order chi connectivity index (χ1) is 10.9. The molecule has 22 heavy (non-hydrogen) atoms. The van der Waals surface area contributed by atoms with Crippen LogP contribution in [0.5, 0.6) is 0 Å². The average Bonchev–Trinajstić information content (AvgIpc) is 2.96. The number of imidazole rings is 1. The van der Waals surface area contributed by atoms with Gasteiger partial charge in [0.15, 0.2) is 0 Å². The Balaban J connectivity index is 2.10. The maximum atomic E-state index is 2.45. The number of hydrogen-bond acceptors (Lipinski definition) is 0. The largest absolute Gasteiger partial charge is 0.261 e. The van der Waals surface area contributed by atoms with Crippen LogP contribution in [0.25, 0.3) is 5.69 Å². The highest BCUT2D eigenvalue weighted by Crippen LogP contribution is 2.13. The SMILES string of the molecule is CCCCCCCc1n(-c2ccccc2)cc[n+]1CCCC. The number of hydrogen-bond donors (Lipinski definition) is 0. The fraction of sp³-hybridized carbons (Fsp3) is 0.550. The second-order valence-corrected chi connectivity index (χ2v) is 6.13. The highest BCUT2D eigenvalue weighted by molar-refractivity contribution is 5.31. The number of aryl methyl sites for hydroxylation is 1. The number of para-hydroxylation sites is 1. The Morgan fingerprint density at radius 3 is 2.32 bits per heavy atom. The Morgan fingerprint density at radius 2 is 1.59 bits per heavy atom. The number of unbranched alkanes of at least 4 members (excludes halogenated alkanes) is 5. The predicted molar refractivity (Wildman–Crippen MR) is 93.3 cm³/mol. The van der Waals surface area contributed by atoms with Crippen LogP contribution in [-0.4, -0.2) is 4.57 Å². The lowest BCUT2D eigenvalue weighted by Gasteiger charge is -2.05. The van der Waals surface area contributed by atoms with Crippen LogP contribution in [0.3, 0.4) is 0 Å². The van der Waals surface area contributed by atoms with E-state index in [-0.39, 0.29) is 0 Å². The fourth-order valence-corrected chi connectivity index (χ4v) is 2.96. The third kappa shape index (κ3) is 4.72. The molecule has 0 bridgehead atoms. The molecule has 0 N–H and O–H groups in total. The van der Waals surface area contributed by atoms with Crippen molar-refractivity contribution in [1.82, 2.24) is 4.57 Å². The van der Waals surface area contributed by atoms with Gasteiger partial charge in [-0.05, 0) is 25.0 Å². The molecule has 2 aromatic rings. The molecule has 0 amide bonds. The first-order valence-electron chi connectivity index (χ1n) is 9.02. The van der Waals surface area contributed by atoms with Crippen LogP contribution in [0.4, 0.5) is 0 Å². The summed E-state index contributed by atoms with van der Waals surface area (Å²) in [7, 11) is 0. The Labute approximate surface area is 135 Å². The van der Waals surface area contributed by atoms with E-state index in [2.05, 4.69) is 65.7 Å². The molecular formula is C20H31N2+. The smallest absolute Gasteiger partial charge is 0.234 e. The number of aromatic nitrogens is 2. The van der Waals surface area contributed by atoms with Gasteiger partial charge in [-0.2, -0.15) is 4.57 Å². The summed E-state index contributed by atoms with van der Waals surface area (Å²) in [4.78, 5) is 0. The molecule has 0 saturated heterocycles. The van der Waals surface area contributed by atoms with Crippen molar-refractivity contribution >= 4 is 0 Å². The van der Waals surface area contributed by atoms with Gasteiger partial charge in [0.1, 0.15) is 18.1 Å². The summed E-state index contributed by atoms with van der Waals surface area (Å²) in [6, 6.07) is 10.7. The maximum Gasteiger partial charge on any atom is 0.261 e. The number of rotatable bonds is 10. The summed E-state index contributed by atoms with van der Waals surface area (Å²) in [6.07, 6.45) is 14.9. The van der Waals surface area contributed by atoms with Gasteiger partial charge < -0.3 is 0 Å². The van der Waals surface area contributed by atoms with Gasteiger partial charge in [0.05, 0.1) is 6.54 Å². The Bertz CT molecular complexity index is 528. The molecule has 1 aromatic carbocycles. The summed E-state index contributed by atoms with van der Waals surface area (Å²) < 4.78 is 4.83. The Morgan fingerprint density at radius 1 is 0.864 bits per heavy atom. The van der Waals surface area contributed by atoms with E-state index in [4.69, 9.17) is 0 Å². The van der Waals surface area contributed by atoms with Gasteiger partial charge in [0, 0.05) is 6.42 Å². The molecule has 1 heterocycles. The van der Waals surface area contributed by atoms with Crippen molar-refractivity contribution in [2.45, 2.75) is 71.8 Å². The highest BCUT2D eigenvalue weighted by atomic mass is 15.1. The lowest BCUT2D eigenvalue weighted by atomic mass is 10.1. The van der Waals surface area contributed by atoms with Crippen LogP contribution in [0.2, 0.25) is 0 Å². The molecule has 0 aliphatic heterocycles. The molecule has 0 aliphatic carbocycles. The van der Waals surface area contributed by atoms with Gasteiger partial charge in [-0.25, -0.2) is 4.57 Å². The minimum atomic E-state index is 1.14. The van der Waals surface area contributed by atoms with Gasteiger partial charge in [-0.1, -0.05) is 64.2 Å². The van der Waals surface area contributed by atoms with Crippen molar-refractivity contribution in [3.63, 3.8) is 0 Å². The Kier molecular flexibility index (Phi) is 7.21. The molecular weight excluding hydrogens is 268 g/mol. The van der Waals surface area contributed by atoms with E-state index in [1.54, 1.807) is 0 Å². The third-order valence-electron chi connectivity index (χ3n) is 4.30. The van der Waals surface area contributed by atoms with E-state index in [1.165, 1.54) is 62.9 Å². The molecule has 0 unspecified atom stereocenters. The first-order valence-corrected chi connectivity index (χ1v) is 9.02. The van der Waals surface area contributed by atoms with Crippen molar-refractivity contribution in [2.24, 2.45) is 0 Å². The van der Waals surface area contributed by atoms with Gasteiger partial charge >= 0.3 is 0 Å². The lowest BCUT2D eigenvalue weighted by Crippen LogP contribution is -2.37. The monoisotopic (exact) mass is 299 g/mol. The minimum Gasteiger partial charge on any atom is -0.234 e. The van der Waals surface area contributed by atoms with Gasteiger partial charge in [0.25, 0.3) is 5.82 Å². The van der Waals surface area contributed by atoms with E-state index in [0.29, 0.717) is 0 Å². The summed E-state index contributed by atoms with van der Waals surface area (Å²) in [5.74, 6) is 1.45. The lowest BCUT2D eigenvalue weighted by molar-refractivity contribution is -0.703. The van der Waals surface area contributed by atoms with E-state index in [9.17, 15) is 0 Å². The molecule has 120 valence electrons. The standard InChI is InChI=1S/C20H31N2/c1-3-5-7-8-12-15-20-21(16-6-4-2)17-18-22(20)19-13-10-9-11-14-19/h9-11,13-14,17-18H,3-8,12,15-16H2,1-2H3/q+1. The molecule has 2 rings (SSSR count). The second kappa shape index (κ2) is 9.45. The van der Waals surface area contributed by atoms with E-state index in [0.717, 1.165) is 6.54 Å². The summed E-state index contributed by atoms with van der Waals surface area (Å²) in [5, 5.41) is 0. The van der Waals surface area contributed by atoms with Gasteiger partial charge in [-0.3, -0.25) is 0 Å². The average molecular weight is 299 g/mol. The maximum absolute atomic E-state index is 2.45. The van der Waals surface area contributed by atoms with Crippen LogP contribution >= 0.6 is 0 Å². The van der Waals surface area contributed by atoms with Crippen LogP contribution in [-0.2, 0) is 13.0 Å². The fourth-order valence-electron chi connectivity index (χ4n) is 2.96. The van der Waals surface area contributed by atoms with Crippen molar-refractivity contribution in [1.29, 1.82) is 0 Å². The molecule has 1 aromatic heterocycles. The van der Waals surface area contributed by atoms with Crippen LogP contribution < -0.4 is 4.57 Å². The number of benzene rings is 1. The zero-order valence-electron chi connectivity index (χ0n) is 14.3. The quantitative estimate of drug-likeness (QED) is 0.427. The summed E-state index contributed by atoms with van der Waals surface area (Å²) in [6.45, 7) is 5.68. The Hall–Kier alpha value is -1.57. The molecule has 0 spiro atoms. The number of nitrogens with zero attached hydrogens (tertiary/aromatic N) is 2. The summed E-state index contributed by atoms with van der Waals surface area (Å²) >= 11 is 0. The van der Waals surface area contributed by atoms with E-state index >= 15 is 0 Å². The van der Waals surface area contributed by atoms with Crippen LogP contribution in [0.15, 0.2) is 42.7 Å². The zero-order chi connectivity index (χ0) is 15.6. The normalized spacial score (nSPS) is 11.0. The first kappa shape index (κ1) is 16.8. The van der Waals surface area contributed by atoms with Crippen molar-refractivity contribution < 1.29 is 4.57 Å². The van der Waals surface area contributed by atoms with Crippen LogP contribution in [0.1, 0.15) is 64.6 Å². The molecule has 0 fully saturated rings.